The molecule has 3 N–H and O–H groups in total. The molecule has 28 heavy (non-hydrogen) atoms. The second-order valence-corrected chi connectivity index (χ2v) is 11.6. The maximum atomic E-state index is 12.2. The Kier molecular flexibility index (Phi) is 3.42. The second-order valence-electron chi connectivity index (χ2n) is 11.6. The fourth-order valence-corrected chi connectivity index (χ4v) is 9.81. The van der Waals surface area contributed by atoms with Gasteiger partial charge in [-0.2, -0.15) is 0 Å². The summed E-state index contributed by atoms with van der Waals surface area (Å²) in [5.41, 5.74) is -1.55. The zero-order chi connectivity index (χ0) is 19.7. The molecule has 1 spiro atoms. The number of ether oxygens (including phenoxy) is 2. The summed E-state index contributed by atoms with van der Waals surface area (Å²) in [6, 6.07) is 0. The highest BCUT2D eigenvalue weighted by Gasteiger charge is 2.80. The Balaban J connectivity index is 1.43. The number of aliphatic hydroxyl groups is 3. The molecular formula is C23H36O5. The van der Waals surface area contributed by atoms with Crippen LogP contribution in [-0.4, -0.2) is 52.1 Å². The molecule has 6 aliphatic rings. The van der Waals surface area contributed by atoms with Gasteiger partial charge in [-0.15, -0.1) is 0 Å². The Bertz CT molecular complexity index is 705. The first-order valence-electron chi connectivity index (χ1n) is 11.5. The molecule has 0 bridgehead atoms. The normalized spacial score (nSPS) is 64.1. The molecule has 5 nitrogen and oxygen atoms in total. The number of hydrogen-bond acceptors (Lipinski definition) is 5. The lowest BCUT2D eigenvalue weighted by atomic mass is 9.43. The molecule has 0 aromatic heterocycles. The summed E-state index contributed by atoms with van der Waals surface area (Å²) >= 11 is 0. The second kappa shape index (κ2) is 5.16. The van der Waals surface area contributed by atoms with Crippen LogP contribution in [0.4, 0.5) is 0 Å². The van der Waals surface area contributed by atoms with Gasteiger partial charge in [-0.3, -0.25) is 0 Å². The lowest BCUT2D eigenvalue weighted by molar-refractivity contribution is -0.289. The molecular weight excluding hydrogens is 356 g/mol. The first kappa shape index (κ1) is 18.6. The van der Waals surface area contributed by atoms with Crippen LogP contribution in [0.2, 0.25) is 0 Å². The Hall–Kier alpha value is -0.200. The molecule has 1 saturated heterocycles. The molecule has 1 heterocycles. The van der Waals surface area contributed by atoms with Crippen LogP contribution in [0.15, 0.2) is 0 Å². The molecule has 6 fully saturated rings. The Labute approximate surface area is 167 Å². The van der Waals surface area contributed by atoms with E-state index in [9.17, 15) is 15.3 Å². The summed E-state index contributed by atoms with van der Waals surface area (Å²) in [6.45, 7) is 7.55. The molecule has 158 valence electrons. The first-order valence-corrected chi connectivity index (χ1v) is 11.5. The van der Waals surface area contributed by atoms with Gasteiger partial charge in [0.2, 0.25) is 0 Å². The highest BCUT2D eigenvalue weighted by atomic mass is 16.7. The Morgan fingerprint density at radius 1 is 0.857 bits per heavy atom. The molecule has 0 aromatic rings. The van der Waals surface area contributed by atoms with E-state index >= 15 is 0 Å². The monoisotopic (exact) mass is 392 g/mol. The summed E-state index contributed by atoms with van der Waals surface area (Å²) in [7, 11) is 0. The van der Waals surface area contributed by atoms with Gasteiger partial charge < -0.3 is 24.8 Å². The molecule has 5 heteroatoms. The molecule has 1 aliphatic heterocycles. The van der Waals surface area contributed by atoms with Crippen LogP contribution in [0.5, 0.6) is 0 Å². The predicted molar refractivity (Wildman–Crippen MR) is 102 cm³/mol. The average molecular weight is 393 g/mol. The van der Waals surface area contributed by atoms with E-state index in [1.807, 2.05) is 6.92 Å². The molecule has 0 amide bonds. The lowest BCUT2D eigenvalue weighted by Gasteiger charge is -2.65. The SMILES string of the molecule is CC1(C2CC[C@]3(O)C4C[C@@H](O)C56C[C@H]5CC[C@]6(C)C4C[C@@H](O)[C@]23C)OCCO1. The van der Waals surface area contributed by atoms with E-state index in [2.05, 4.69) is 13.8 Å². The largest absolute Gasteiger partial charge is 0.393 e. The zero-order valence-corrected chi connectivity index (χ0v) is 17.5. The summed E-state index contributed by atoms with van der Waals surface area (Å²) in [4.78, 5) is 0. The smallest absolute Gasteiger partial charge is 0.169 e. The summed E-state index contributed by atoms with van der Waals surface area (Å²) < 4.78 is 12.0. The molecule has 10 atom stereocenters. The third-order valence-corrected chi connectivity index (χ3v) is 11.4. The maximum absolute atomic E-state index is 12.2. The van der Waals surface area contributed by atoms with Crippen LogP contribution in [0.1, 0.15) is 65.7 Å². The topological polar surface area (TPSA) is 79.2 Å². The van der Waals surface area contributed by atoms with E-state index < -0.39 is 22.9 Å². The average Bonchev–Trinajstić information content (AvgIpc) is 2.91. The summed E-state index contributed by atoms with van der Waals surface area (Å²) in [5, 5.41) is 35.1. The minimum Gasteiger partial charge on any atom is -0.393 e. The van der Waals surface area contributed by atoms with Gasteiger partial charge >= 0.3 is 0 Å². The van der Waals surface area contributed by atoms with Crippen LogP contribution in [0.3, 0.4) is 0 Å². The summed E-state index contributed by atoms with van der Waals surface area (Å²) in [5.74, 6) is 0.209. The standard InChI is InChI=1S/C23H36O5/c1-19-6-4-13-12-22(13,19)18(25)11-15-14(19)10-17(24)20(2)16(5-7-23(15,20)26)21(3)27-8-9-28-21/h13-18,24-26H,4-12H2,1-3H3/t13-,14?,15?,16?,17-,18-,19-,20+,22?,23+/m1/s1. The van der Waals surface area contributed by atoms with Gasteiger partial charge in [0, 0.05) is 16.7 Å². The minimum absolute atomic E-state index is 0.0402. The van der Waals surface area contributed by atoms with Gasteiger partial charge in [-0.1, -0.05) is 13.8 Å². The van der Waals surface area contributed by atoms with E-state index in [1.54, 1.807) is 0 Å². The van der Waals surface area contributed by atoms with Crippen LogP contribution in [-0.2, 0) is 9.47 Å². The molecule has 6 rings (SSSR count). The van der Waals surface area contributed by atoms with Gasteiger partial charge in [-0.25, -0.2) is 0 Å². The Morgan fingerprint density at radius 2 is 1.54 bits per heavy atom. The highest BCUT2D eigenvalue weighted by Crippen LogP contribution is 2.82. The highest BCUT2D eigenvalue weighted by molar-refractivity contribution is 5.29. The molecule has 0 radical (unpaired) electrons. The van der Waals surface area contributed by atoms with E-state index in [0.717, 1.165) is 25.7 Å². The molecule has 5 saturated carbocycles. The van der Waals surface area contributed by atoms with Gasteiger partial charge in [0.25, 0.3) is 0 Å². The van der Waals surface area contributed by atoms with Crippen molar-refractivity contribution in [2.45, 2.75) is 89.3 Å². The van der Waals surface area contributed by atoms with Crippen molar-refractivity contribution in [1.29, 1.82) is 0 Å². The van der Waals surface area contributed by atoms with Crippen molar-refractivity contribution in [2.75, 3.05) is 13.2 Å². The number of hydrogen-bond donors (Lipinski definition) is 3. The van der Waals surface area contributed by atoms with Gasteiger partial charge in [0.05, 0.1) is 31.0 Å². The molecule has 4 unspecified atom stereocenters. The number of rotatable bonds is 1. The fraction of sp³-hybridized carbons (Fsp3) is 1.00. The predicted octanol–water partition coefficient (Wildman–Crippen LogP) is 2.46. The van der Waals surface area contributed by atoms with E-state index in [-0.39, 0.29) is 34.7 Å². The number of fused-ring (bicyclic) bond motifs is 4. The lowest BCUT2D eigenvalue weighted by Crippen LogP contribution is -2.69. The van der Waals surface area contributed by atoms with Crippen molar-refractivity contribution >= 4 is 0 Å². The van der Waals surface area contributed by atoms with Crippen LogP contribution in [0, 0.1) is 39.9 Å². The molecule has 0 aromatic carbocycles. The van der Waals surface area contributed by atoms with E-state index in [4.69, 9.17) is 9.47 Å². The number of aliphatic hydroxyl groups excluding tert-OH is 2. The molecule has 5 aliphatic carbocycles. The van der Waals surface area contributed by atoms with Crippen LogP contribution in [0.25, 0.3) is 0 Å². The van der Waals surface area contributed by atoms with Crippen molar-refractivity contribution < 1.29 is 24.8 Å². The van der Waals surface area contributed by atoms with Crippen molar-refractivity contribution in [1.82, 2.24) is 0 Å². The van der Waals surface area contributed by atoms with Gasteiger partial charge in [-0.05, 0) is 75.0 Å². The van der Waals surface area contributed by atoms with Gasteiger partial charge in [0.1, 0.15) is 0 Å². The first-order chi connectivity index (χ1) is 13.1. The van der Waals surface area contributed by atoms with Crippen molar-refractivity contribution in [3.05, 3.63) is 0 Å². The van der Waals surface area contributed by atoms with Crippen LogP contribution < -0.4 is 0 Å². The van der Waals surface area contributed by atoms with E-state index in [1.165, 1.54) is 6.42 Å². The fourth-order valence-electron chi connectivity index (χ4n) is 9.81. The van der Waals surface area contributed by atoms with E-state index in [0.29, 0.717) is 32.0 Å². The third-order valence-electron chi connectivity index (χ3n) is 11.4. The van der Waals surface area contributed by atoms with Gasteiger partial charge in [0.15, 0.2) is 5.79 Å². The minimum atomic E-state index is -0.975. The summed E-state index contributed by atoms with van der Waals surface area (Å²) in [6.07, 6.45) is 5.45. The Morgan fingerprint density at radius 3 is 2.21 bits per heavy atom. The van der Waals surface area contributed by atoms with Crippen molar-refractivity contribution in [3.63, 3.8) is 0 Å². The van der Waals surface area contributed by atoms with Crippen LogP contribution >= 0.6 is 0 Å². The third kappa shape index (κ3) is 1.73. The van der Waals surface area contributed by atoms with Crippen molar-refractivity contribution in [3.8, 4) is 0 Å². The zero-order valence-electron chi connectivity index (χ0n) is 17.5. The van der Waals surface area contributed by atoms with Crippen molar-refractivity contribution in [2.24, 2.45) is 39.9 Å². The quantitative estimate of drug-likeness (QED) is 0.639. The maximum Gasteiger partial charge on any atom is 0.169 e.